The highest BCUT2D eigenvalue weighted by molar-refractivity contribution is 7.16. The van der Waals surface area contributed by atoms with Crippen molar-refractivity contribution in [1.82, 2.24) is 15.1 Å². The second-order valence-corrected chi connectivity index (χ2v) is 9.86. The number of benzene rings is 2. The quantitative estimate of drug-likeness (QED) is 0.453. The molecule has 4 rings (SSSR count). The molecule has 3 amide bonds. The lowest BCUT2D eigenvalue weighted by molar-refractivity contribution is -0.132. The van der Waals surface area contributed by atoms with Crippen molar-refractivity contribution in [2.24, 2.45) is 0 Å². The van der Waals surface area contributed by atoms with E-state index in [-0.39, 0.29) is 18.6 Å². The molecule has 2 aromatic carbocycles. The third-order valence-corrected chi connectivity index (χ3v) is 6.96. The molecule has 1 aliphatic heterocycles. The molecule has 1 N–H and O–H groups in total. The Bertz CT molecular complexity index is 1030. The average molecular weight is 468 g/mol. The number of carbonyl (C=O) groups excluding carboxylic acids is 2. The maximum absolute atomic E-state index is 13.8. The zero-order chi connectivity index (χ0) is 22.6. The number of urea groups is 1. The molecule has 1 fully saturated rings. The molecule has 32 heavy (non-hydrogen) atoms. The number of hydrogen-bond donors (Lipinski definition) is 1. The van der Waals surface area contributed by atoms with Gasteiger partial charge < -0.3 is 5.32 Å². The van der Waals surface area contributed by atoms with Crippen LogP contribution in [0, 0.1) is 0 Å². The van der Waals surface area contributed by atoms with Crippen molar-refractivity contribution in [2.75, 3.05) is 13.2 Å². The molecule has 0 atom stereocenters. The predicted octanol–water partition coefficient (Wildman–Crippen LogP) is 4.96. The SMILES string of the molecule is CCN(Cc1ccc(Cl)s1)CN1C(=O)NC(Cc2ccccc2)(Cc2ccccc2)C1=O. The number of carbonyl (C=O) groups is 2. The van der Waals surface area contributed by atoms with Gasteiger partial charge in [-0.25, -0.2) is 9.69 Å². The molecule has 0 aliphatic carbocycles. The summed E-state index contributed by atoms with van der Waals surface area (Å²) in [4.78, 5) is 31.3. The maximum atomic E-state index is 13.8. The van der Waals surface area contributed by atoms with E-state index in [0.29, 0.717) is 25.9 Å². The van der Waals surface area contributed by atoms with Gasteiger partial charge in [0, 0.05) is 24.3 Å². The first-order valence-corrected chi connectivity index (χ1v) is 11.9. The number of imide groups is 1. The van der Waals surface area contributed by atoms with Gasteiger partial charge in [0.1, 0.15) is 5.54 Å². The number of halogens is 1. The summed E-state index contributed by atoms with van der Waals surface area (Å²) in [6.45, 7) is 3.60. The van der Waals surface area contributed by atoms with Crippen LogP contribution in [0.5, 0.6) is 0 Å². The standard InChI is InChI=1S/C25H26ClN3O2S/c1-2-28(17-21-13-14-22(26)32-21)18-29-23(30)25(27-24(29)31,15-19-9-5-3-6-10-19)16-20-11-7-4-8-12-20/h3-14H,2,15-18H2,1H3,(H,27,31). The molecule has 1 aromatic heterocycles. The summed E-state index contributed by atoms with van der Waals surface area (Å²) >= 11 is 7.58. The Kier molecular flexibility index (Phi) is 6.94. The minimum atomic E-state index is -1.01. The summed E-state index contributed by atoms with van der Waals surface area (Å²) in [5, 5.41) is 3.05. The van der Waals surface area contributed by atoms with Crippen molar-refractivity contribution in [3.63, 3.8) is 0 Å². The molecule has 0 radical (unpaired) electrons. The fourth-order valence-electron chi connectivity index (χ4n) is 4.11. The average Bonchev–Trinajstić information content (AvgIpc) is 3.30. The summed E-state index contributed by atoms with van der Waals surface area (Å²) in [6, 6.07) is 23.2. The van der Waals surface area contributed by atoms with E-state index in [1.54, 1.807) is 0 Å². The third-order valence-electron chi connectivity index (χ3n) is 5.74. The zero-order valence-corrected chi connectivity index (χ0v) is 19.5. The molecule has 166 valence electrons. The van der Waals surface area contributed by atoms with E-state index >= 15 is 0 Å². The summed E-state index contributed by atoms with van der Waals surface area (Å²) < 4.78 is 0.732. The van der Waals surface area contributed by atoms with Gasteiger partial charge in [-0.05, 0) is 29.8 Å². The molecule has 3 aromatic rings. The Morgan fingerprint density at radius 1 is 0.938 bits per heavy atom. The summed E-state index contributed by atoms with van der Waals surface area (Å²) in [5.41, 5.74) is 1.02. The van der Waals surface area contributed by atoms with E-state index in [9.17, 15) is 9.59 Å². The zero-order valence-electron chi connectivity index (χ0n) is 18.0. The van der Waals surface area contributed by atoms with Gasteiger partial charge in [0.2, 0.25) is 0 Å². The molecule has 7 heteroatoms. The summed E-state index contributed by atoms with van der Waals surface area (Å²) in [7, 11) is 0. The van der Waals surface area contributed by atoms with Crippen molar-refractivity contribution >= 4 is 34.9 Å². The van der Waals surface area contributed by atoms with Crippen LogP contribution in [0.15, 0.2) is 72.8 Å². The first kappa shape index (κ1) is 22.5. The highest BCUT2D eigenvalue weighted by Crippen LogP contribution is 2.28. The van der Waals surface area contributed by atoms with Crippen LogP contribution in [0.1, 0.15) is 22.9 Å². The van der Waals surface area contributed by atoms with Crippen LogP contribution in [-0.4, -0.2) is 40.5 Å². The van der Waals surface area contributed by atoms with Crippen LogP contribution in [0.25, 0.3) is 0 Å². The van der Waals surface area contributed by atoms with Gasteiger partial charge in [-0.1, -0.05) is 79.2 Å². The van der Waals surface area contributed by atoms with E-state index in [4.69, 9.17) is 11.6 Å². The van der Waals surface area contributed by atoms with Crippen LogP contribution in [-0.2, 0) is 24.2 Å². The van der Waals surface area contributed by atoms with Crippen molar-refractivity contribution in [3.8, 4) is 0 Å². The fourth-order valence-corrected chi connectivity index (χ4v) is 5.24. The molecule has 0 unspecified atom stereocenters. The number of hydrogen-bond acceptors (Lipinski definition) is 4. The van der Waals surface area contributed by atoms with E-state index in [1.165, 1.54) is 16.2 Å². The number of nitrogens with zero attached hydrogens (tertiary/aromatic N) is 2. The van der Waals surface area contributed by atoms with Crippen molar-refractivity contribution in [2.45, 2.75) is 31.8 Å². The van der Waals surface area contributed by atoms with Gasteiger partial charge in [0.15, 0.2) is 0 Å². The molecule has 1 aliphatic rings. The normalized spacial score (nSPS) is 15.4. The van der Waals surface area contributed by atoms with Crippen LogP contribution in [0.2, 0.25) is 4.34 Å². The molecular formula is C25H26ClN3O2S. The Morgan fingerprint density at radius 3 is 2.03 bits per heavy atom. The summed E-state index contributed by atoms with van der Waals surface area (Å²) in [6.07, 6.45) is 0.882. The second kappa shape index (κ2) is 9.86. The molecule has 5 nitrogen and oxygen atoms in total. The molecule has 1 saturated heterocycles. The molecule has 2 heterocycles. The van der Waals surface area contributed by atoms with E-state index in [0.717, 1.165) is 20.3 Å². The highest BCUT2D eigenvalue weighted by Gasteiger charge is 2.51. The minimum Gasteiger partial charge on any atom is -0.322 e. The van der Waals surface area contributed by atoms with Crippen LogP contribution >= 0.6 is 22.9 Å². The predicted molar refractivity (Wildman–Crippen MR) is 129 cm³/mol. The number of rotatable bonds is 9. The molecule has 0 saturated carbocycles. The van der Waals surface area contributed by atoms with Crippen molar-refractivity contribution < 1.29 is 9.59 Å². The van der Waals surface area contributed by atoms with Gasteiger partial charge >= 0.3 is 6.03 Å². The lowest BCUT2D eigenvalue weighted by Crippen LogP contribution is -2.51. The first-order chi connectivity index (χ1) is 15.5. The highest BCUT2D eigenvalue weighted by atomic mass is 35.5. The van der Waals surface area contributed by atoms with Crippen LogP contribution in [0.3, 0.4) is 0 Å². The number of thiophene rings is 1. The Balaban J connectivity index is 1.58. The van der Waals surface area contributed by atoms with Gasteiger partial charge in [-0.15, -0.1) is 11.3 Å². The Labute approximate surface area is 197 Å². The summed E-state index contributed by atoms with van der Waals surface area (Å²) in [5.74, 6) is -0.183. The minimum absolute atomic E-state index is 0.183. The molecule has 0 spiro atoms. The van der Waals surface area contributed by atoms with Gasteiger partial charge in [-0.3, -0.25) is 9.69 Å². The van der Waals surface area contributed by atoms with Crippen molar-refractivity contribution in [3.05, 3.63) is 93.1 Å². The van der Waals surface area contributed by atoms with Crippen LogP contribution < -0.4 is 5.32 Å². The van der Waals surface area contributed by atoms with E-state index in [2.05, 4.69) is 10.2 Å². The van der Waals surface area contributed by atoms with Gasteiger partial charge in [-0.2, -0.15) is 0 Å². The first-order valence-electron chi connectivity index (χ1n) is 10.7. The van der Waals surface area contributed by atoms with Crippen LogP contribution in [0.4, 0.5) is 4.79 Å². The number of nitrogens with one attached hydrogen (secondary N) is 1. The molecular weight excluding hydrogens is 442 g/mol. The van der Waals surface area contributed by atoms with Gasteiger partial charge in [0.05, 0.1) is 11.0 Å². The fraction of sp³-hybridized carbons (Fsp3) is 0.280. The number of amides is 3. The monoisotopic (exact) mass is 467 g/mol. The van der Waals surface area contributed by atoms with E-state index < -0.39 is 5.54 Å². The van der Waals surface area contributed by atoms with E-state index in [1.807, 2.05) is 79.7 Å². The third kappa shape index (κ3) is 5.04. The Morgan fingerprint density at radius 2 is 1.53 bits per heavy atom. The lowest BCUT2D eigenvalue weighted by Gasteiger charge is -2.29. The lowest BCUT2D eigenvalue weighted by atomic mass is 9.84. The largest absolute Gasteiger partial charge is 0.326 e. The maximum Gasteiger partial charge on any atom is 0.326 e. The second-order valence-electron chi connectivity index (χ2n) is 8.06. The molecule has 0 bridgehead atoms. The van der Waals surface area contributed by atoms with Gasteiger partial charge in [0.25, 0.3) is 5.91 Å². The topological polar surface area (TPSA) is 52.6 Å². The van der Waals surface area contributed by atoms with Crippen molar-refractivity contribution in [1.29, 1.82) is 0 Å². The Hall–Kier alpha value is -2.67. The smallest absolute Gasteiger partial charge is 0.322 e.